The number of carbonyl (C=O) groups is 1. The van der Waals surface area contributed by atoms with E-state index in [1.807, 2.05) is 42.3 Å². The zero-order chi connectivity index (χ0) is 17.3. The van der Waals surface area contributed by atoms with Crippen molar-refractivity contribution in [2.45, 2.75) is 12.6 Å². The Hall–Kier alpha value is -2.18. The zero-order valence-electron chi connectivity index (χ0n) is 13.2. The van der Waals surface area contributed by atoms with Crippen LogP contribution in [-0.4, -0.2) is 30.1 Å². The van der Waals surface area contributed by atoms with Crippen LogP contribution in [0.2, 0.25) is 4.34 Å². The molecule has 24 heavy (non-hydrogen) atoms. The zero-order valence-corrected chi connectivity index (χ0v) is 14.7. The normalized spacial score (nSPS) is 17.1. The Labute approximate surface area is 148 Å². The van der Waals surface area contributed by atoms with Crippen LogP contribution in [0.25, 0.3) is 5.76 Å². The molecule has 2 aromatic rings. The maximum atomic E-state index is 11.3. The lowest BCUT2D eigenvalue weighted by Crippen LogP contribution is -2.21. The predicted octanol–water partition coefficient (Wildman–Crippen LogP) is 4.21. The van der Waals surface area contributed by atoms with Crippen LogP contribution >= 0.6 is 22.9 Å². The SMILES string of the molecule is COc1ccc(C2OC(c3ccc(Cl)s3)=C(CC(=O)O)N2C)cc1. The minimum Gasteiger partial charge on any atom is -0.497 e. The fraction of sp³-hybridized carbons (Fsp3) is 0.235. The first kappa shape index (κ1) is 16.7. The summed E-state index contributed by atoms with van der Waals surface area (Å²) in [5.41, 5.74) is 1.54. The van der Waals surface area contributed by atoms with Crippen molar-refractivity contribution in [3.05, 3.63) is 56.9 Å². The Kier molecular flexibility index (Phi) is 4.69. The quantitative estimate of drug-likeness (QED) is 0.859. The molecule has 0 bridgehead atoms. The summed E-state index contributed by atoms with van der Waals surface area (Å²) >= 11 is 7.38. The van der Waals surface area contributed by atoms with Gasteiger partial charge in [0.2, 0.25) is 0 Å². The van der Waals surface area contributed by atoms with Crippen molar-refractivity contribution in [2.75, 3.05) is 14.2 Å². The number of thiophene rings is 1. The highest BCUT2D eigenvalue weighted by Gasteiger charge is 2.34. The average Bonchev–Trinajstić information content (AvgIpc) is 3.12. The molecule has 1 aromatic heterocycles. The number of benzene rings is 1. The number of methoxy groups -OCH3 is 1. The summed E-state index contributed by atoms with van der Waals surface area (Å²) in [6.45, 7) is 0. The summed E-state index contributed by atoms with van der Waals surface area (Å²) < 4.78 is 11.9. The molecule has 0 saturated carbocycles. The molecule has 126 valence electrons. The van der Waals surface area contributed by atoms with E-state index in [0.29, 0.717) is 15.8 Å². The van der Waals surface area contributed by atoms with Crippen molar-refractivity contribution in [1.29, 1.82) is 0 Å². The molecule has 3 rings (SSSR count). The monoisotopic (exact) mass is 365 g/mol. The Balaban J connectivity index is 1.95. The second kappa shape index (κ2) is 6.75. The van der Waals surface area contributed by atoms with Gasteiger partial charge in [0.15, 0.2) is 12.0 Å². The van der Waals surface area contributed by atoms with Gasteiger partial charge in [-0.15, -0.1) is 11.3 Å². The number of ether oxygens (including phenoxy) is 2. The van der Waals surface area contributed by atoms with Crippen LogP contribution in [0.1, 0.15) is 23.1 Å². The third-order valence-electron chi connectivity index (χ3n) is 3.79. The fourth-order valence-electron chi connectivity index (χ4n) is 2.61. The summed E-state index contributed by atoms with van der Waals surface area (Å²) in [6, 6.07) is 11.1. The molecule has 1 unspecified atom stereocenters. The molecule has 0 amide bonds. The molecule has 2 heterocycles. The molecule has 7 heteroatoms. The molecular formula is C17H16ClNO4S. The summed E-state index contributed by atoms with van der Waals surface area (Å²) in [5.74, 6) is 0.414. The van der Waals surface area contributed by atoms with E-state index < -0.39 is 5.97 Å². The first-order chi connectivity index (χ1) is 11.5. The molecule has 0 fully saturated rings. The highest BCUT2D eigenvalue weighted by atomic mass is 35.5. The number of nitrogens with zero attached hydrogens (tertiary/aromatic N) is 1. The van der Waals surface area contributed by atoms with Gasteiger partial charge < -0.3 is 19.5 Å². The van der Waals surface area contributed by atoms with Crippen molar-refractivity contribution in [2.24, 2.45) is 0 Å². The highest BCUT2D eigenvalue weighted by Crippen LogP contribution is 2.43. The van der Waals surface area contributed by atoms with Crippen LogP contribution in [0.5, 0.6) is 5.75 Å². The van der Waals surface area contributed by atoms with E-state index in [4.69, 9.17) is 21.1 Å². The van der Waals surface area contributed by atoms with E-state index in [2.05, 4.69) is 0 Å². The van der Waals surface area contributed by atoms with E-state index in [9.17, 15) is 9.90 Å². The third kappa shape index (κ3) is 3.20. The van der Waals surface area contributed by atoms with E-state index >= 15 is 0 Å². The molecule has 1 aliphatic rings. The molecule has 0 saturated heterocycles. The molecule has 0 radical (unpaired) electrons. The van der Waals surface area contributed by atoms with Gasteiger partial charge in [-0.1, -0.05) is 11.6 Å². The lowest BCUT2D eigenvalue weighted by molar-refractivity contribution is -0.136. The minimum atomic E-state index is -0.906. The molecule has 0 spiro atoms. The smallest absolute Gasteiger partial charge is 0.309 e. The lowest BCUT2D eigenvalue weighted by atomic mass is 10.1. The van der Waals surface area contributed by atoms with Gasteiger partial charge in [-0.05, 0) is 36.4 Å². The van der Waals surface area contributed by atoms with Crippen LogP contribution in [0, 0.1) is 0 Å². The third-order valence-corrected chi connectivity index (χ3v) is 5.02. The number of halogens is 1. The van der Waals surface area contributed by atoms with E-state index in [1.54, 1.807) is 13.2 Å². The van der Waals surface area contributed by atoms with Gasteiger partial charge in [0, 0.05) is 12.6 Å². The van der Waals surface area contributed by atoms with Crippen LogP contribution < -0.4 is 4.74 Å². The number of aliphatic carboxylic acids is 1. The topological polar surface area (TPSA) is 59.0 Å². The molecule has 1 aliphatic heterocycles. The number of hydrogen-bond donors (Lipinski definition) is 1. The van der Waals surface area contributed by atoms with Crippen molar-refractivity contribution in [3.63, 3.8) is 0 Å². The average molecular weight is 366 g/mol. The lowest BCUT2D eigenvalue weighted by Gasteiger charge is -2.23. The summed E-state index contributed by atoms with van der Waals surface area (Å²) in [4.78, 5) is 13.9. The summed E-state index contributed by atoms with van der Waals surface area (Å²) in [7, 11) is 3.44. The maximum Gasteiger partial charge on any atom is 0.309 e. The van der Waals surface area contributed by atoms with E-state index in [-0.39, 0.29) is 12.6 Å². The Morgan fingerprint density at radius 2 is 2.04 bits per heavy atom. The second-order valence-corrected chi connectivity index (χ2v) is 7.02. The van der Waals surface area contributed by atoms with E-state index in [0.717, 1.165) is 16.2 Å². The van der Waals surface area contributed by atoms with Gasteiger partial charge in [0.1, 0.15) is 5.75 Å². The second-order valence-electron chi connectivity index (χ2n) is 5.30. The first-order valence-corrected chi connectivity index (χ1v) is 8.43. The number of carboxylic acid groups (broad SMARTS) is 1. The summed E-state index contributed by atoms with van der Waals surface area (Å²) in [6.07, 6.45) is -0.505. The molecule has 5 nitrogen and oxygen atoms in total. The predicted molar refractivity (Wildman–Crippen MR) is 93.1 cm³/mol. The van der Waals surface area contributed by atoms with Crippen molar-refractivity contribution < 1.29 is 19.4 Å². The first-order valence-electron chi connectivity index (χ1n) is 7.23. The molecule has 1 aromatic carbocycles. The van der Waals surface area contributed by atoms with Gasteiger partial charge in [-0.3, -0.25) is 4.79 Å². The number of rotatable bonds is 5. The molecule has 1 atom stereocenters. The van der Waals surface area contributed by atoms with E-state index in [1.165, 1.54) is 11.3 Å². The Morgan fingerprint density at radius 1 is 1.33 bits per heavy atom. The number of carboxylic acids is 1. The van der Waals surface area contributed by atoms with Gasteiger partial charge >= 0.3 is 5.97 Å². The standard InChI is InChI=1S/C17H16ClNO4S/c1-19-12(9-15(20)21)16(13-7-8-14(18)24-13)23-17(19)10-3-5-11(22-2)6-4-10/h3-8,17H,9H2,1-2H3,(H,20,21). The van der Waals surface area contributed by atoms with Gasteiger partial charge in [-0.2, -0.15) is 0 Å². The van der Waals surface area contributed by atoms with Crippen molar-refractivity contribution >= 4 is 34.7 Å². The Morgan fingerprint density at radius 3 is 2.58 bits per heavy atom. The van der Waals surface area contributed by atoms with Crippen molar-refractivity contribution in [1.82, 2.24) is 4.90 Å². The highest BCUT2D eigenvalue weighted by molar-refractivity contribution is 7.17. The Bertz CT molecular complexity index is 784. The largest absolute Gasteiger partial charge is 0.497 e. The van der Waals surface area contributed by atoms with Crippen LogP contribution in [0.4, 0.5) is 0 Å². The minimum absolute atomic E-state index is 0.117. The molecule has 1 N–H and O–H groups in total. The number of hydrogen-bond acceptors (Lipinski definition) is 5. The molecular weight excluding hydrogens is 350 g/mol. The van der Waals surface area contributed by atoms with Crippen molar-refractivity contribution in [3.8, 4) is 5.75 Å². The van der Waals surface area contributed by atoms with Crippen LogP contribution in [0.3, 0.4) is 0 Å². The summed E-state index contributed by atoms with van der Waals surface area (Å²) in [5, 5.41) is 9.23. The fourth-order valence-corrected chi connectivity index (χ4v) is 3.66. The van der Waals surface area contributed by atoms with Crippen LogP contribution in [-0.2, 0) is 9.53 Å². The van der Waals surface area contributed by atoms with Gasteiger partial charge in [0.05, 0.1) is 28.4 Å². The molecule has 0 aliphatic carbocycles. The maximum absolute atomic E-state index is 11.3. The van der Waals surface area contributed by atoms with Gasteiger partial charge in [-0.25, -0.2) is 0 Å². The van der Waals surface area contributed by atoms with Gasteiger partial charge in [0.25, 0.3) is 0 Å². The van der Waals surface area contributed by atoms with Crippen LogP contribution in [0.15, 0.2) is 42.1 Å².